The second-order valence-electron chi connectivity index (χ2n) is 3.76. The van der Waals surface area contributed by atoms with E-state index in [-0.39, 0.29) is 5.97 Å². The molecule has 92 valence electrons. The molecule has 0 unspecified atom stereocenters. The predicted octanol–water partition coefficient (Wildman–Crippen LogP) is 3.56. The van der Waals surface area contributed by atoms with E-state index in [1.54, 1.807) is 31.4 Å². The van der Waals surface area contributed by atoms with Gasteiger partial charge in [-0.05, 0) is 30.7 Å². The zero-order valence-corrected chi connectivity index (χ0v) is 10.4. The smallest absolute Gasteiger partial charge is 0.343 e. The number of carbonyl (C=O) groups excluding carboxylic acids is 1. The molecular weight excluding hydrogens is 216 g/mol. The Labute approximate surface area is 102 Å². The zero-order valence-electron chi connectivity index (χ0n) is 10.4. The molecule has 0 heterocycles. The SMILES string of the molecule is C=C(CCCC)OC(=O)c1ccc(OC)cc1. The normalized spacial score (nSPS) is 9.76. The van der Waals surface area contributed by atoms with E-state index in [1.807, 2.05) is 0 Å². The first kappa shape index (κ1) is 13.3. The second-order valence-corrected chi connectivity index (χ2v) is 3.76. The molecule has 3 nitrogen and oxygen atoms in total. The Morgan fingerprint density at radius 1 is 1.29 bits per heavy atom. The fourth-order valence-corrected chi connectivity index (χ4v) is 1.34. The maximum atomic E-state index is 11.7. The van der Waals surface area contributed by atoms with Crippen molar-refractivity contribution in [2.75, 3.05) is 7.11 Å². The lowest BCUT2D eigenvalue weighted by Crippen LogP contribution is -2.04. The summed E-state index contributed by atoms with van der Waals surface area (Å²) in [6.07, 6.45) is 2.76. The maximum Gasteiger partial charge on any atom is 0.343 e. The van der Waals surface area contributed by atoms with Gasteiger partial charge in [0.1, 0.15) is 11.5 Å². The molecule has 0 spiro atoms. The van der Waals surface area contributed by atoms with Crippen LogP contribution in [-0.4, -0.2) is 13.1 Å². The van der Waals surface area contributed by atoms with Crippen molar-refractivity contribution in [1.29, 1.82) is 0 Å². The number of ether oxygens (including phenoxy) is 2. The van der Waals surface area contributed by atoms with Crippen molar-refractivity contribution < 1.29 is 14.3 Å². The van der Waals surface area contributed by atoms with E-state index < -0.39 is 0 Å². The lowest BCUT2D eigenvalue weighted by atomic mass is 10.2. The summed E-state index contributed by atoms with van der Waals surface area (Å²) in [5.74, 6) is 0.868. The molecule has 0 aliphatic heterocycles. The van der Waals surface area contributed by atoms with Crippen LogP contribution in [0.2, 0.25) is 0 Å². The number of rotatable bonds is 6. The van der Waals surface area contributed by atoms with E-state index in [9.17, 15) is 4.79 Å². The van der Waals surface area contributed by atoms with Crippen LogP contribution in [0.1, 0.15) is 36.5 Å². The molecule has 0 N–H and O–H groups in total. The highest BCUT2D eigenvalue weighted by Crippen LogP contribution is 2.14. The van der Waals surface area contributed by atoms with Gasteiger partial charge in [0.25, 0.3) is 0 Å². The summed E-state index contributed by atoms with van der Waals surface area (Å²) in [7, 11) is 1.58. The summed E-state index contributed by atoms with van der Waals surface area (Å²) in [5.41, 5.74) is 0.503. The van der Waals surface area contributed by atoms with Crippen molar-refractivity contribution in [1.82, 2.24) is 0 Å². The molecule has 3 heteroatoms. The number of allylic oxidation sites excluding steroid dienone is 1. The minimum atomic E-state index is -0.367. The van der Waals surface area contributed by atoms with Crippen LogP contribution in [0.3, 0.4) is 0 Å². The zero-order chi connectivity index (χ0) is 12.7. The number of esters is 1. The lowest BCUT2D eigenvalue weighted by molar-refractivity contribution is 0.0615. The first-order valence-electron chi connectivity index (χ1n) is 5.71. The molecule has 0 saturated heterocycles. The number of methoxy groups -OCH3 is 1. The first-order valence-corrected chi connectivity index (χ1v) is 5.71. The quantitative estimate of drug-likeness (QED) is 0.557. The van der Waals surface area contributed by atoms with Crippen molar-refractivity contribution in [3.8, 4) is 5.75 Å². The van der Waals surface area contributed by atoms with Crippen LogP contribution >= 0.6 is 0 Å². The Bertz CT molecular complexity index is 379. The van der Waals surface area contributed by atoms with Crippen molar-refractivity contribution >= 4 is 5.97 Å². The Morgan fingerprint density at radius 3 is 2.47 bits per heavy atom. The third kappa shape index (κ3) is 4.31. The third-order valence-corrected chi connectivity index (χ3v) is 2.37. The van der Waals surface area contributed by atoms with Gasteiger partial charge in [-0.2, -0.15) is 0 Å². The molecule has 0 aliphatic rings. The molecule has 1 aromatic rings. The van der Waals surface area contributed by atoms with Crippen LogP contribution in [0, 0.1) is 0 Å². The Kier molecular flexibility index (Phi) is 5.27. The van der Waals surface area contributed by atoms with E-state index in [0.29, 0.717) is 17.1 Å². The van der Waals surface area contributed by atoms with Crippen LogP contribution in [0.15, 0.2) is 36.6 Å². The fourth-order valence-electron chi connectivity index (χ4n) is 1.34. The van der Waals surface area contributed by atoms with E-state index in [4.69, 9.17) is 9.47 Å². The summed E-state index contributed by atoms with van der Waals surface area (Å²) >= 11 is 0. The Balaban J connectivity index is 2.54. The van der Waals surface area contributed by atoms with Crippen LogP contribution in [-0.2, 0) is 4.74 Å². The highest BCUT2D eigenvalue weighted by atomic mass is 16.5. The van der Waals surface area contributed by atoms with Gasteiger partial charge in [-0.3, -0.25) is 0 Å². The maximum absolute atomic E-state index is 11.7. The van der Waals surface area contributed by atoms with Crippen molar-refractivity contribution in [3.63, 3.8) is 0 Å². The van der Waals surface area contributed by atoms with E-state index in [0.717, 1.165) is 19.3 Å². The van der Waals surface area contributed by atoms with Gasteiger partial charge in [0.05, 0.1) is 12.7 Å². The highest BCUT2D eigenvalue weighted by molar-refractivity contribution is 5.90. The highest BCUT2D eigenvalue weighted by Gasteiger charge is 2.08. The van der Waals surface area contributed by atoms with Crippen molar-refractivity contribution in [3.05, 3.63) is 42.2 Å². The molecule has 0 amide bonds. The molecule has 0 radical (unpaired) electrons. The van der Waals surface area contributed by atoms with Gasteiger partial charge in [-0.25, -0.2) is 4.79 Å². The predicted molar refractivity (Wildman–Crippen MR) is 67.1 cm³/mol. The van der Waals surface area contributed by atoms with E-state index >= 15 is 0 Å². The van der Waals surface area contributed by atoms with Gasteiger partial charge in [0.2, 0.25) is 0 Å². The second kappa shape index (κ2) is 6.74. The fraction of sp³-hybridized carbons (Fsp3) is 0.357. The molecule has 0 saturated carbocycles. The third-order valence-electron chi connectivity index (χ3n) is 2.37. The minimum absolute atomic E-state index is 0.367. The van der Waals surface area contributed by atoms with Gasteiger partial charge < -0.3 is 9.47 Å². The average molecular weight is 234 g/mol. The summed E-state index contributed by atoms with van der Waals surface area (Å²) in [5, 5.41) is 0. The molecule has 0 atom stereocenters. The summed E-state index contributed by atoms with van der Waals surface area (Å²) in [6, 6.07) is 6.80. The molecule has 0 aliphatic carbocycles. The van der Waals surface area contributed by atoms with Crippen LogP contribution in [0.4, 0.5) is 0 Å². The topological polar surface area (TPSA) is 35.5 Å². The monoisotopic (exact) mass is 234 g/mol. The van der Waals surface area contributed by atoms with Crippen molar-refractivity contribution in [2.24, 2.45) is 0 Å². The number of hydrogen-bond donors (Lipinski definition) is 0. The molecular formula is C14H18O3. The summed E-state index contributed by atoms with van der Waals surface area (Å²) in [4.78, 5) is 11.7. The Hall–Kier alpha value is -1.77. The van der Waals surface area contributed by atoms with E-state index in [2.05, 4.69) is 13.5 Å². The summed E-state index contributed by atoms with van der Waals surface area (Å²) < 4.78 is 10.2. The number of benzene rings is 1. The van der Waals surface area contributed by atoms with Gasteiger partial charge in [0.15, 0.2) is 0 Å². The first-order chi connectivity index (χ1) is 8.17. The van der Waals surface area contributed by atoms with Crippen LogP contribution in [0.25, 0.3) is 0 Å². The largest absolute Gasteiger partial charge is 0.497 e. The van der Waals surface area contributed by atoms with Crippen molar-refractivity contribution in [2.45, 2.75) is 26.2 Å². The minimum Gasteiger partial charge on any atom is -0.497 e. The number of unbranched alkanes of at least 4 members (excludes halogenated alkanes) is 1. The molecule has 1 aromatic carbocycles. The Morgan fingerprint density at radius 2 is 1.94 bits per heavy atom. The lowest BCUT2D eigenvalue weighted by Gasteiger charge is -2.07. The van der Waals surface area contributed by atoms with Crippen LogP contribution in [0.5, 0.6) is 5.75 Å². The number of carbonyl (C=O) groups is 1. The van der Waals surface area contributed by atoms with Gasteiger partial charge >= 0.3 is 5.97 Å². The van der Waals surface area contributed by atoms with Crippen LogP contribution < -0.4 is 4.74 Å². The molecule has 0 bridgehead atoms. The standard InChI is InChI=1S/C14H18O3/c1-4-5-6-11(2)17-14(15)12-7-9-13(16-3)10-8-12/h7-10H,2,4-6H2,1,3H3. The van der Waals surface area contributed by atoms with Gasteiger partial charge in [-0.15, -0.1) is 0 Å². The number of hydrogen-bond acceptors (Lipinski definition) is 3. The molecule has 0 fully saturated rings. The summed E-state index contributed by atoms with van der Waals surface area (Å²) in [6.45, 7) is 5.81. The molecule has 17 heavy (non-hydrogen) atoms. The average Bonchev–Trinajstić information content (AvgIpc) is 2.36. The van der Waals surface area contributed by atoms with E-state index in [1.165, 1.54) is 0 Å². The van der Waals surface area contributed by atoms with Gasteiger partial charge in [0, 0.05) is 6.42 Å². The molecule has 1 rings (SSSR count). The molecule has 0 aromatic heterocycles. The van der Waals surface area contributed by atoms with Gasteiger partial charge in [-0.1, -0.05) is 19.9 Å².